The summed E-state index contributed by atoms with van der Waals surface area (Å²) in [6, 6.07) is 0. The summed E-state index contributed by atoms with van der Waals surface area (Å²) in [5, 5.41) is 29.1. The number of imidazole rings is 1. The van der Waals surface area contributed by atoms with Gasteiger partial charge in [-0.25, -0.2) is 15.0 Å². The summed E-state index contributed by atoms with van der Waals surface area (Å²) in [5.41, 5.74) is 1.16. The molecule has 4 heterocycles. The predicted molar refractivity (Wildman–Crippen MR) is 70.5 cm³/mol. The Morgan fingerprint density at radius 3 is 2.67 bits per heavy atom. The lowest BCUT2D eigenvalue weighted by Crippen LogP contribution is -2.33. The third-order valence-electron chi connectivity index (χ3n) is 3.88. The zero-order valence-electron chi connectivity index (χ0n) is 11.1. The minimum absolute atomic E-state index is 0.366. The standard InChI is InChI=1S/C12H15N5O4/c18-3-6-8(19)9(20)12(21-6)17-5-15-7-10(16-1-2-16)13-4-14-11(7)17/h4-6,8-9,12,18-20H,1-3H2. The number of aliphatic hydroxyl groups excluding tert-OH is 3. The van der Waals surface area contributed by atoms with Crippen LogP contribution in [-0.4, -0.2) is 72.8 Å². The van der Waals surface area contributed by atoms with Gasteiger partial charge in [0.15, 0.2) is 23.2 Å². The van der Waals surface area contributed by atoms with E-state index >= 15 is 0 Å². The van der Waals surface area contributed by atoms with Crippen LogP contribution in [0.5, 0.6) is 0 Å². The van der Waals surface area contributed by atoms with E-state index in [-0.39, 0.29) is 6.61 Å². The maximum absolute atomic E-state index is 10.1. The molecule has 0 aromatic carbocycles. The molecule has 2 saturated heterocycles. The van der Waals surface area contributed by atoms with Crippen molar-refractivity contribution in [1.82, 2.24) is 19.5 Å². The fourth-order valence-corrected chi connectivity index (χ4v) is 2.63. The Labute approximate surface area is 119 Å². The topological polar surface area (TPSA) is 117 Å². The lowest BCUT2D eigenvalue weighted by molar-refractivity contribution is -0.0511. The van der Waals surface area contributed by atoms with E-state index in [1.54, 1.807) is 4.57 Å². The van der Waals surface area contributed by atoms with Crippen LogP contribution < -0.4 is 4.90 Å². The summed E-state index contributed by atoms with van der Waals surface area (Å²) in [5.74, 6) is 0.755. The van der Waals surface area contributed by atoms with Crippen LogP contribution in [0.15, 0.2) is 12.7 Å². The van der Waals surface area contributed by atoms with Gasteiger partial charge in [0.25, 0.3) is 0 Å². The van der Waals surface area contributed by atoms with Crippen molar-refractivity contribution < 1.29 is 20.1 Å². The predicted octanol–water partition coefficient (Wildman–Crippen LogP) is -1.74. The third-order valence-corrected chi connectivity index (χ3v) is 3.88. The van der Waals surface area contributed by atoms with Crippen molar-refractivity contribution in [2.24, 2.45) is 0 Å². The molecule has 0 amide bonds. The van der Waals surface area contributed by atoms with Crippen LogP contribution in [0.2, 0.25) is 0 Å². The summed E-state index contributed by atoms with van der Waals surface area (Å²) >= 11 is 0. The van der Waals surface area contributed by atoms with Crippen molar-refractivity contribution >= 4 is 17.0 Å². The second-order valence-corrected chi connectivity index (χ2v) is 5.24. The highest BCUT2D eigenvalue weighted by Crippen LogP contribution is 2.33. The molecule has 9 nitrogen and oxygen atoms in total. The van der Waals surface area contributed by atoms with E-state index in [0.717, 1.165) is 18.9 Å². The molecule has 0 saturated carbocycles. The normalized spacial score (nSPS) is 32.0. The van der Waals surface area contributed by atoms with E-state index in [1.807, 2.05) is 0 Å². The van der Waals surface area contributed by atoms with Crippen molar-refractivity contribution in [3.05, 3.63) is 12.7 Å². The lowest BCUT2D eigenvalue weighted by atomic mass is 10.1. The number of aromatic nitrogens is 4. The average molecular weight is 293 g/mol. The summed E-state index contributed by atoms with van der Waals surface area (Å²) in [7, 11) is 0. The highest BCUT2D eigenvalue weighted by Gasteiger charge is 2.44. The molecule has 0 aliphatic carbocycles. The zero-order valence-corrected chi connectivity index (χ0v) is 11.1. The van der Waals surface area contributed by atoms with E-state index in [4.69, 9.17) is 9.84 Å². The Balaban J connectivity index is 1.76. The molecule has 0 radical (unpaired) electrons. The monoisotopic (exact) mass is 293 g/mol. The van der Waals surface area contributed by atoms with E-state index in [1.165, 1.54) is 12.7 Å². The quantitative estimate of drug-likeness (QED) is 0.571. The summed E-state index contributed by atoms with van der Waals surface area (Å²) < 4.78 is 7.07. The number of anilines is 1. The van der Waals surface area contributed by atoms with Crippen LogP contribution in [0.3, 0.4) is 0 Å². The molecule has 2 aliphatic rings. The van der Waals surface area contributed by atoms with Gasteiger partial charge in [-0.15, -0.1) is 0 Å². The molecule has 112 valence electrons. The molecule has 21 heavy (non-hydrogen) atoms. The molecule has 2 aliphatic heterocycles. The second kappa shape index (κ2) is 4.60. The summed E-state index contributed by atoms with van der Waals surface area (Å²) in [4.78, 5) is 14.8. The van der Waals surface area contributed by atoms with Gasteiger partial charge in [-0.2, -0.15) is 0 Å². The zero-order chi connectivity index (χ0) is 14.6. The molecule has 0 bridgehead atoms. The van der Waals surface area contributed by atoms with Crippen molar-refractivity contribution in [2.75, 3.05) is 24.6 Å². The van der Waals surface area contributed by atoms with Gasteiger partial charge in [0.2, 0.25) is 0 Å². The van der Waals surface area contributed by atoms with Gasteiger partial charge in [-0.05, 0) is 0 Å². The number of nitrogens with zero attached hydrogens (tertiary/aromatic N) is 5. The van der Waals surface area contributed by atoms with Crippen LogP contribution in [0, 0.1) is 0 Å². The highest BCUT2D eigenvalue weighted by molar-refractivity contribution is 5.84. The average Bonchev–Trinajstić information content (AvgIpc) is 3.20. The Morgan fingerprint density at radius 2 is 2.00 bits per heavy atom. The molecule has 4 unspecified atom stereocenters. The minimum Gasteiger partial charge on any atom is -0.394 e. The van der Waals surface area contributed by atoms with Gasteiger partial charge in [0.1, 0.15) is 24.6 Å². The number of ether oxygens (including phenoxy) is 1. The molecule has 4 atom stereocenters. The molecule has 2 aromatic heterocycles. The molecule has 2 aromatic rings. The Hall–Kier alpha value is -1.81. The van der Waals surface area contributed by atoms with Crippen molar-refractivity contribution in [3.63, 3.8) is 0 Å². The molecule has 2 fully saturated rings. The lowest BCUT2D eigenvalue weighted by Gasteiger charge is -2.16. The summed E-state index contributed by atoms with van der Waals surface area (Å²) in [6.07, 6.45) is -1.01. The van der Waals surface area contributed by atoms with Gasteiger partial charge >= 0.3 is 0 Å². The first-order chi connectivity index (χ1) is 10.2. The van der Waals surface area contributed by atoms with Crippen LogP contribution in [0.25, 0.3) is 11.2 Å². The fraction of sp³-hybridized carbons (Fsp3) is 0.583. The van der Waals surface area contributed by atoms with Crippen LogP contribution in [0.4, 0.5) is 5.82 Å². The first-order valence-electron chi connectivity index (χ1n) is 6.75. The molecule has 0 spiro atoms. The molecule has 9 heteroatoms. The fourth-order valence-electron chi connectivity index (χ4n) is 2.63. The number of hydrogen-bond donors (Lipinski definition) is 3. The van der Waals surface area contributed by atoms with E-state index in [2.05, 4.69) is 19.9 Å². The van der Waals surface area contributed by atoms with Gasteiger partial charge in [0.05, 0.1) is 12.9 Å². The van der Waals surface area contributed by atoms with Crippen molar-refractivity contribution in [2.45, 2.75) is 24.5 Å². The number of fused-ring (bicyclic) bond motifs is 1. The first-order valence-corrected chi connectivity index (χ1v) is 6.75. The van der Waals surface area contributed by atoms with E-state index in [9.17, 15) is 10.2 Å². The van der Waals surface area contributed by atoms with E-state index < -0.39 is 24.5 Å². The number of aliphatic hydroxyl groups is 3. The van der Waals surface area contributed by atoms with Gasteiger partial charge in [-0.1, -0.05) is 0 Å². The molecular formula is C12H15N5O4. The Bertz CT molecular complexity index is 673. The number of rotatable bonds is 3. The van der Waals surface area contributed by atoms with Crippen molar-refractivity contribution in [1.29, 1.82) is 0 Å². The van der Waals surface area contributed by atoms with Crippen LogP contribution in [0.1, 0.15) is 6.23 Å². The van der Waals surface area contributed by atoms with Crippen LogP contribution in [-0.2, 0) is 4.74 Å². The van der Waals surface area contributed by atoms with E-state index in [0.29, 0.717) is 11.2 Å². The molecular weight excluding hydrogens is 278 g/mol. The first kappa shape index (κ1) is 12.9. The Kier molecular flexibility index (Phi) is 2.82. The van der Waals surface area contributed by atoms with Gasteiger partial charge < -0.3 is 25.0 Å². The van der Waals surface area contributed by atoms with Gasteiger partial charge in [0, 0.05) is 13.1 Å². The highest BCUT2D eigenvalue weighted by atomic mass is 16.6. The number of hydrogen-bond acceptors (Lipinski definition) is 8. The SMILES string of the molecule is OCC1OC(n2cnc3c(N4CC4)ncnc32)C(O)C1O. The third kappa shape index (κ3) is 1.89. The molecule has 3 N–H and O–H groups in total. The minimum atomic E-state index is -1.15. The van der Waals surface area contributed by atoms with Crippen LogP contribution >= 0.6 is 0 Å². The van der Waals surface area contributed by atoms with Gasteiger partial charge in [-0.3, -0.25) is 4.57 Å². The maximum Gasteiger partial charge on any atom is 0.167 e. The second-order valence-electron chi connectivity index (χ2n) is 5.24. The molecule has 4 rings (SSSR count). The smallest absolute Gasteiger partial charge is 0.167 e. The summed E-state index contributed by atoms with van der Waals surface area (Å²) in [6.45, 7) is 1.51. The van der Waals surface area contributed by atoms with Crippen molar-refractivity contribution in [3.8, 4) is 0 Å². The maximum atomic E-state index is 10.1. The Morgan fingerprint density at radius 1 is 1.19 bits per heavy atom. The largest absolute Gasteiger partial charge is 0.394 e.